The quantitative estimate of drug-likeness (QED) is 0.828. The van der Waals surface area contributed by atoms with Gasteiger partial charge in [0.1, 0.15) is 0 Å². The van der Waals surface area contributed by atoms with Crippen molar-refractivity contribution in [2.45, 2.75) is 26.2 Å². The molecule has 110 valence electrons. The summed E-state index contributed by atoms with van der Waals surface area (Å²) in [5, 5.41) is 15.5. The van der Waals surface area contributed by atoms with Crippen LogP contribution in [0.25, 0.3) is 0 Å². The summed E-state index contributed by atoms with van der Waals surface area (Å²) in [6.45, 7) is 2.96. The van der Waals surface area contributed by atoms with Crippen LogP contribution in [0.2, 0.25) is 0 Å². The summed E-state index contributed by atoms with van der Waals surface area (Å²) in [5.41, 5.74) is 0. The standard InChI is InChI=1S/C12H18N4O4/c1-8-14-10(15-20-8)4-5-13-12(19)16-6-2-3-9(7-16)11(17)18/h9H,2-7H2,1H3,(H,13,19)(H,17,18)/t9-/m0/s1. The number of carbonyl (C=O) groups is 2. The lowest BCUT2D eigenvalue weighted by Gasteiger charge is -2.30. The smallest absolute Gasteiger partial charge is 0.317 e. The molecule has 1 aromatic rings. The summed E-state index contributed by atoms with van der Waals surface area (Å²) in [5.74, 6) is -0.268. The van der Waals surface area contributed by atoms with Crippen molar-refractivity contribution in [3.63, 3.8) is 0 Å². The summed E-state index contributed by atoms with van der Waals surface area (Å²) in [6, 6.07) is -0.240. The summed E-state index contributed by atoms with van der Waals surface area (Å²) < 4.78 is 4.83. The van der Waals surface area contributed by atoms with E-state index < -0.39 is 11.9 Å². The number of rotatable bonds is 4. The number of aliphatic carboxylic acids is 1. The first-order valence-corrected chi connectivity index (χ1v) is 6.61. The second kappa shape index (κ2) is 6.36. The molecule has 20 heavy (non-hydrogen) atoms. The van der Waals surface area contributed by atoms with Gasteiger partial charge in [0.25, 0.3) is 0 Å². The lowest BCUT2D eigenvalue weighted by molar-refractivity contribution is -0.143. The van der Waals surface area contributed by atoms with Crippen molar-refractivity contribution in [1.82, 2.24) is 20.4 Å². The van der Waals surface area contributed by atoms with Crippen LogP contribution in [-0.4, -0.2) is 51.8 Å². The molecule has 0 saturated carbocycles. The van der Waals surface area contributed by atoms with Crippen LogP contribution in [0, 0.1) is 12.8 Å². The number of carbonyl (C=O) groups excluding carboxylic acids is 1. The van der Waals surface area contributed by atoms with Gasteiger partial charge in [-0.2, -0.15) is 4.98 Å². The molecular formula is C12H18N4O4. The van der Waals surface area contributed by atoms with E-state index in [1.807, 2.05) is 0 Å². The Morgan fingerprint density at radius 2 is 2.35 bits per heavy atom. The highest BCUT2D eigenvalue weighted by atomic mass is 16.5. The van der Waals surface area contributed by atoms with Crippen molar-refractivity contribution in [2.75, 3.05) is 19.6 Å². The molecule has 1 aliphatic heterocycles. The van der Waals surface area contributed by atoms with Crippen LogP contribution in [0.1, 0.15) is 24.6 Å². The fourth-order valence-corrected chi connectivity index (χ4v) is 2.20. The van der Waals surface area contributed by atoms with E-state index in [-0.39, 0.29) is 12.6 Å². The van der Waals surface area contributed by atoms with Gasteiger partial charge in [0.05, 0.1) is 5.92 Å². The number of carboxylic acids is 1. The van der Waals surface area contributed by atoms with Gasteiger partial charge in [-0.1, -0.05) is 5.16 Å². The van der Waals surface area contributed by atoms with E-state index in [4.69, 9.17) is 9.63 Å². The van der Waals surface area contributed by atoms with Gasteiger partial charge in [0.2, 0.25) is 5.89 Å². The van der Waals surface area contributed by atoms with E-state index >= 15 is 0 Å². The highest BCUT2D eigenvalue weighted by molar-refractivity contribution is 5.76. The highest BCUT2D eigenvalue weighted by Crippen LogP contribution is 2.16. The van der Waals surface area contributed by atoms with Gasteiger partial charge in [-0.15, -0.1) is 0 Å². The Balaban J connectivity index is 1.75. The Bertz CT molecular complexity index is 488. The van der Waals surface area contributed by atoms with Crippen LogP contribution < -0.4 is 5.32 Å². The average Bonchev–Trinajstić information content (AvgIpc) is 2.84. The fourth-order valence-electron chi connectivity index (χ4n) is 2.20. The third-order valence-electron chi connectivity index (χ3n) is 3.25. The minimum Gasteiger partial charge on any atom is -0.481 e. The lowest BCUT2D eigenvalue weighted by atomic mass is 9.99. The zero-order chi connectivity index (χ0) is 14.5. The SMILES string of the molecule is Cc1nc(CCNC(=O)N2CCC[C@H](C(=O)O)C2)no1. The summed E-state index contributed by atoms with van der Waals surface area (Å²) in [7, 11) is 0. The molecule has 2 rings (SSSR count). The van der Waals surface area contributed by atoms with Gasteiger partial charge in [0.15, 0.2) is 5.82 Å². The molecular weight excluding hydrogens is 264 g/mol. The number of nitrogens with one attached hydrogen (secondary N) is 1. The lowest BCUT2D eigenvalue weighted by Crippen LogP contribution is -2.47. The summed E-state index contributed by atoms with van der Waals surface area (Å²) in [6.07, 6.45) is 1.83. The van der Waals surface area contributed by atoms with Crippen molar-refractivity contribution in [1.29, 1.82) is 0 Å². The molecule has 0 radical (unpaired) electrons. The van der Waals surface area contributed by atoms with E-state index in [0.717, 1.165) is 0 Å². The van der Waals surface area contributed by atoms with Gasteiger partial charge in [-0.3, -0.25) is 4.79 Å². The average molecular weight is 282 g/mol. The van der Waals surface area contributed by atoms with Gasteiger partial charge in [-0.25, -0.2) is 4.79 Å². The highest BCUT2D eigenvalue weighted by Gasteiger charge is 2.27. The number of likely N-dealkylation sites (tertiary alicyclic amines) is 1. The van der Waals surface area contributed by atoms with Crippen molar-refractivity contribution >= 4 is 12.0 Å². The maximum Gasteiger partial charge on any atom is 0.317 e. The molecule has 1 aliphatic rings. The fraction of sp³-hybridized carbons (Fsp3) is 0.667. The Morgan fingerprint density at radius 1 is 1.55 bits per heavy atom. The van der Waals surface area contributed by atoms with Gasteiger partial charge in [0, 0.05) is 33.0 Å². The maximum absolute atomic E-state index is 11.9. The minimum absolute atomic E-state index is 0.240. The molecule has 0 aromatic carbocycles. The largest absolute Gasteiger partial charge is 0.481 e. The predicted molar refractivity (Wildman–Crippen MR) is 68.1 cm³/mol. The Hall–Kier alpha value is -2.12. The van der Waals surface area contributed by atoms with Crippen LogP contribution in [-0.2, 0) is 11.2 Å². The van der Waals surface area contributed by atoms with Crippen molar-refractivity contribution in [2.24, 2.45) is 5.92 Å². The molecule has 1 aromatic heterocycles. The second-order valence-electron chi connectivity index (χ2n) is 4.83. The van der Waals surface area contributed by atoms with E-state index in [0.29, 0.717) is 44.1 Å². The molecule has 2 heterocycles. The number of urea groups is 1. The molecule has 1 atom stereocenters. The van der Waals surface area contributed by atoms with E-state index in [1.54, 1.807) is 11.8 Å². The minimum atomic E-state index is -0.843. The van der Waals surface area contributed by atoms with E-state index in [9.17, 15) is 9.59 Å². The Labute approximate surface area is 116 Å². The first kappa shape index (κ1) is 14.3. The number of aromatic nitrogens is 2. The number of carboxylic acid groups (broad SMARTS) is 1. The number of amides is 2. The third-order valence-corrected chi connectivity index (χ3v) is 3.25. The van der Waals surface area contributed by atoms with E-state index in [2.05, 4.69) is 15.5 Å². The molecule has 0 bridgehead atoms. The van der Waals surface area contributed by atoms with Crippen LogP contribution in [0.3, 0.4) is 0 Å². The number of hydrogen-bond donors (Lipinski definition) is 2. The maximum atomic E-state index is 11.9. The molecule has 0 spiro atoms. The molecule has 2 N–H and O–H groups in total. The topological polar surface area (TPSA) is 109 Å². The van der Waals surface area contributed by atoms with Crippen molar-refractivity contribution in [3.8, 4) is 0 Å². The first-order chi connectivity index (χ1) is 9.56. The van der Waals surface area contributed by atoms with Crippen LogP contribution in [0.4, 0.5) is 4.79 Å². The number of aryl methyl sites for hydroxylation is 1. The molecule has 0 unspecified atom stereocenters. The number of nitrogens with zero attached hydrogens (tertiary/aromatic N) is 3. The number of piperidine rings is 1. The predicted octanol–water partition coefficient (Wildman–Crippen LogP) is 0.427. The molecule has 8 nitrogen and oxygen atoms in total. The first-order valence-electron chi connectivity index (χ1n) is 6.61. The van der Waals surface area contributed by atoms with Crippen LogP contribution >= 0.6 is 0 Å². The second-order valence-corrected chi connectivity index (χ2v) is 4.83. The zero-order valence-corrected chi connectivity index (χ0v) is 11.3. The van der Waals surface area contributed by atoms with Crippen molar-refractivity contribution < 1.29 is 19.2 Å². The Morgan fingerprint density at radius 3 is 3.00 bits per heavy atom. The Kier molecular flexibility index (Phi) is 4.54. The number of hydrogen-bond acceptors (Lipinski definition) is 5. The van der Waals surface area contributed by atoms with Crippen LogP contribution in [0.5, 0.6) is 0 Å². The van der Waals surface area contributed by atoms with Crippen molar-refractivity contribution in [3.05, 3.63) is 11.7 Å². The zero-order valence-electron chi connectivity index (χ0n) is 11.3. The third kappa shape index (κ3) is 3.69. The molecule has 0 aliphatic carbocycles. The molecule has 8 heteroatoms. The normalized spacial score (nSPS) is 18.9. The van der Waals surface area contributed by atoms with Gasteiger partial charge < -0.3 is 19.8 Å². The van der Waals surface area contributed by atoms with Gasteiger partial charge >= 0.3 is 12.0 Å². The van der Waals surface area contributed by atoms with E-state index in [1.165, 1.54) is 0 Å². The molecule has 2 amide bonds. The monoisotopic (exact) mass is 282 g/mol. The summed E-state index contributed by atoms with van der Waals surface area (Å²) >= 11 is 0. The van der Waals surface area contributed by atoms with Crippen LogP contribution in [0.15, 0.2) is 4.52 Å². The van der Waals surface area contributed by atoms with Gasteiger partial charge in [-0.05, 0) is 12.8 Å². The molecule has 1 fully saturated rings. The summed E-state index contributed by atoms with van der Waals surface area (Å²) in [4.78, 5) is 28.4. The molecule has 1 saturated heterocycles.